The number of ether oxygens (including phenoxy) is 1. The van der Waals surface area contributed by atoms with Gasteiger partial charge in [0.25, 0.3) is 0 Å². The molecule has 0 bridgehead atoms. The zero-order chi connectivity index (χ0) is 12.5. The predicted octanol–water partition coefficient (Wildman–Crippen LogP) is 2.89. The monoisotopic (exact) mass is 266 g/mol. The van der Waals surface area contributed by atoms with Crippen molar-refractivity contribution >= 4 is 28.5 Å². The zero-order valence-corrected chi connectivity index (χ0v) is 10.3. The highest BCUT2D eigenvalue weighted by atomic mass is 32.2. The molecule has 0 spiro atoms. The molecule has 18 heavy (non-hydrogen) atoms. The molecule has 94 valence electrons. The second-order valence-corrected chi connectivity index (χ2v) is 5.24. The fraction of sp³-hybridized carbons (Fsp3) is 0.308. The summed E-state index contributed by atoms with van der Waals surface area (Å²) >= 11 is 1.69. The largest absolute Gasteiger partial charge is 0.453 e. The van der Waals surface area contributed by atoms with Gasteiger partial charge in [-0.25, -0.2) is 4.39 Å². The number of hydrogen-bond acceptors (Lipinski definition) is 4. The first-order valence-corrected chi connectivity index (χ1v) is 6.82. The molecule has 3 nitrogen and oxygen atoms in total. The van der Waals surface area contributed by atoms with Gasteiger partial charge in [-0.3, -0.25) is 4.79 Å². The van der Waals surface area contributed by atoms with E-state index in [9.17, 15) is 9.18 Å². The Hall–Kier alpha value is -1.33. The maximum absolute atomic E-state index is 13.0. The van der Waals surface area contributed by atoms with Crippen molar-refractivity contribution in [2.24, 2.45) is 0 Å². The number of Topliss-reactive ketones (excluding diaryl/α,β-unsaturated/α-hetero) is 1. The van der Waals surface area contributed by atoms with Crippen molar-refractivity contribution in [1.29, 1.82) is 0 Å². The van der Waals surface area contributed by atoms with E-state index in [4.69, 9.17) is 9.15 Å². The van der Waals surface area contributed by atoms with Gasteiger partial charge in [-0.15, -0.1) is 0 Å². The van der Waals surface area contributed by atoms with E-state index in [-0.39, 0.29) is 17.4 Å². The molecule has 0 radical (unpaired) electrons. The molecule has 2 aromatic rings. The van der Waals surface area contributed by atoms with Crippen LogP contribution < -0.4 is 0 Å². The summed E-state index contributed by atoms with van der Waals surface area (Å²) in [5, 5.41) is 0.599. The minimum atomic E-state index is -0.450. The molecule has 1 saturated heterocycles. The first kappa shape index (κ1) is 11.7. The Kier molecular flexibility index (Phi) is 3.09. The quantitative estimate of drug-likeness (QED) is 0.783. The summed E-state index contributed by atoms with van der Waals surface area (Å²) in [5.41, 5.74) is 0.517. The summed E-state index contributed by atoms with van der Waals surface area (Å²) < 4.78 is 23.9. The summed E-state index contributed by atoms with van der Waals surface area (Å²) in [5.74, 6) is 1.29. The highest BCUT2D eigenvalue weighted by molar-refractivity contribution is 7.99. The van der Waals surface area contributed by atoms with E-state index in [1.165, 1.54) is 18.2 Å². The number of rotatable bonds is 2. The summed E-state index contributed by atoms with van der Waals surface area (Å²) in [6.45, 7) is 0.579. The van der Waals surface area contributed by atoms with Gasteiger partial charge >= 0.3 is 0 Å². The first-order valence-electron chi connectivity index (χ1n) is 5.67. The van der Waals surface area contributed by atoms with Crippen LogP contribution >= 0.6 is 11.8 Å². The van der Waals surface area contributed by atoms with E-state index in [1.807, 2.05) is 0 Å². The van der Waals surface area contributed by atoms with Gasteiger partial charge in [0, 0.05) is 16.9 Å². The van der Waals surface area contributed by atoms with Crippen molar-refractivity contribution in [1.82, 2.24) is 0 Å². The lowest BCUT2D eigenvalue weighted by atomic mass is 10.2. The highest BCUT2D eigenvalue weighted by Crippen LogP contribution is 2.23. The van der Waals surface area contributed by atoms with Crippen LogP contribution in [0.3, 0.4) is 0 Å². The average molecular weight is 266 g/mol. The Bertz CT molecular complexity index is 587. The van der Waals surface area contributed by atoms with Gasteiger partial charge in [0.1, 0.15) is 17.5 Å². The standard InChI is InChI=1S/C13H11FO3S/c14-9-1-2-10-8(5-9)6-11(17-10)13(15)12-7-18-4-3-16-12/h1-2,5-6,12H,3-4,7H2. The van der Waals surface area contributed by atoms with Gasteiger partial charge in [0.05, 0.1) is 6.61 Å². The highest BCUT2D eigenvalue weighted by Gasteiger charge is 2.26. The van der Waals surface area contributed by atoms with Gasteiger partial charge in [-0.05, 0) is 24.3 Å². The van der Waals surface area contributed by atoms with E-state index < -0.39 is 6.10 Å². The first-order chi connectivity index (χ1) is 8.74. The van der Waals surface area contributed by atoms with Crippen LogP contribution in [0.4, 0.5) is 4.39 Å². The third-order valence-corrected chi connectivity index (χ3v) is 3.82. The Labute approximate surface area is 107 Å². The summed E-state index contributed by atoms with van der Waals surface area (Å²) in [6, 6.07) is 5.76. The molecule has 0 saturated carbocycles. The second-order valence-electron chi connectivity index (χ2n) is 4.09. The van der Waals surface area contributed by atoms with Crippen LogP contribution in [0, 0.1) is 5.82 Å². The number of furan rings is 1. The van der Waals surface area contributed by atoms with Crippen molar-refractivity contribution in [3.05, 3.63) is 35.8 Å². The molecule has 0 aliphatic carbocycles. The number of carbonyl (C=O) groups excluding carboxylic acids is 1. The number of fused-ring (bicyclic) bond motifs is 1. The van der Waals surface area contributed by atoms with Gasteiger partial charge < -0.3 is 9.15 Å². The van der Waals surface area contributed by atoms with Crippen LogP contribution in [0.5, 0.6) is 0 Å². The molecule has 3 rings (SSSR count). The molecule has 1 unspecified atom stereocenters. The fourth-order valence-corrected chi connectivity index (χ4v) is 2.78. The van der Waals surface area contributed by atoms with Crippen LogP contribution in [-0.2, 0) is 4.74 Å². The second kappa shape index (κ2) is 4.74. The van der Waals surface area contributed by atoms with Crippen LogP contribution in [0.1, 0.15) is 10.6 Å². The summed E-state index contributed by atoms with van der Waals surface area (Å²) in [6.07, 6.45) is -0.450. The van der Waals surface area contributed by atoms with E-state index in [1.54, 1.807) is 17.8 Å². The number of thioether (sulfide) groups is 1. The summed E-state index contributed by atoms with van der Waals surface area (Å²) in [7, 11) is 0. The van der Waals surface area contributed by atoms with Crippen molar-refractivity contribution < 1.29 is 18.3 Å². The Morgan fingerprint density at radius 1 is 1.39 bits per heavy atom. The molecule has 2 heterocycles. The SMILES string of the molecule is O=C(c1cc2cc(F)ccc2o1)C1CSCCO1. The van der Waals surface area contributed by atoms with Crippen molar-refractivity contribution in [3.63, 3.8) is 0 Å². The van der Waals surface area contributed by atoms with Gasteiger partial charge in [-0.2, -0.15) is 11.8 Å². The van der Waals surface area contributed by atoms with E-state index >= 15 is 0 Å². The smallest absolute Gasteiger partial charge is 0.227 e. The van der Waals surface area contributed by atoms with Crippen molar-refractivity contribution in [3.8, 4) is 0 Å². The average Bonchev–Trinajstić information content (AvgIpc) is 2.81. The lowest BCUT2D eigenvalue weighted by molar-refractivity contribution is 0.0495. The number of halogens is 1. The number of carbonyl (C=O) groups is 1. The minimum Gasteiger partial charge on any atom is -0.453 e. The van der Waals surface area contributed by atoms with Crippen LogP contribution in [0.2, 0.25) is 0 Å². The van der Waals surface area contributed by atoms with Gasteiger partial charge in [-0.1, -0.05) is 0 Å². The molecule has 1 aromatic carbocycles. The number of benzene rings is 1. The number of hydrogen-bond donors (Lipinski definition) is 0. The molecule has 1 fully saturated rings. The Morgan fingerprint density at radius 3 is 3.06 bits per heavy atom. The van der Waals surface area contributed by atoms with Crippen molar-refractivity contribution in [2.45, 2.75) is 6.10 Å². The van der Waals surface area contributed by atoms with E-state index in [0.717, 1.165) is 5.75 Å². The van der Waals surface area contributed by atoms with Gasteiger partial charge in [0.2, 0.25) is 5.78 Å². The topological polar surface area (TPSA) is 39.4 Å². The van der Waals surface area contributed by atoms with E-state index in [0.29, 0.717) is 23.3 Å². The van der Waals surface area contributed by atoms with Gasteiger partial charge in [0.15, 0.2) is 5.76 Å². The fourth-order valence-electron chi connectivity index (χ4n) is 1.93. The molecule has 1 aliphatic heterocycles. The van der Waals surface area contributed by atoms with Crippen LogP contribution in [0.15, 0.2) is 28.7 Å². The molecular formula is C13H11FO3S. The third kappa shape index (κ3) is 2.15. The lowest BCUT2D eigenvalue weighted by Gasteiger charge is -2.19. The maximum atomic E-state index is 13.0. The Morgan fingerprint density at radius 2 is 2.28 bits per heavy atom. The molecule has 0 amide bonds. The lowest BCUT2D eigenvalue weighted by Crippen LogP contribution is -2.31. The molecule has 0 N–H and O–H groups in total. The zero-order valence-electron chi connectivity index (χ0n) is 9.52. The predicted molar refractivity (Wildman–Crippen MR) is 67.6 cm³/mol. The van der Waals surface area contributed by atoms with Crippen LogP contribution in [0.25, 0.3) is 11.0 Å². The van der Waals surface area contributed by atoms with Crippen molar-refractivity contribution in [2.75, 3.05) is 18.1 Å². The van der Waals surface area contributed by atoms with Crippen LogP contribution in [-0.4, -0.2) is 30.0 Å². The third-order valence-electron chi connectivity index (χ3n) is 2.83. The van der Waals surface area contributed by atoms with E-state index in [2.05, 4.69) is 0 Å². The minimum absolute atomic E-state index is 0.168. The normalized spacial score (nSPS) is 20.2. The number of ketones is 1. The molecular weight excluding hydrogens is 255 g/mol. The Balaban J connectivity index is 1.91. The molecule has 1 aromatic heterocycles. The molecule has 5 heteroatoms. The molecule has 1 atom stereocenters. The molecule has 1 aliphatic rings. The summed E-state index contributed by atoms with van der Waals surface area (Å²) in [4.78, 5) is 12.1. The maximum Gasteiger partial charge on any atom is 0.227 e.